The molecule has 0 radical (unpaired) electrons. The van der Waals surface area contributed by atoms with Crippen molar-refractivity contribution >= 4 is 11.6 Å². The van der Waals surface area contributed by atoms with E-state index in [0.29, 0.717) is 22.7 Å². The van der Waals surface area contributed by atoms with Gasteiger partial charge in [0.15, 0.2) is 0 Å². The minimum absolute atomic E-state index is 0.000542. The number of benzene rings is 2. The van der Waals surface area contributed by atoms with E-state index in [4.69, 9.17) is 11.6 Å². The summed E-state index contributed by atoms with van der Waals surface area (Å²) in [4.78, 5) is 0. The van der Waals surface area contributed by atoms with Crippen LogP contribution >= 0.6 is 11.6 Å². The largest absolute Gasteiger partial charge is 0.313 e. The molecule has 1 nitrogen and oxygen atoms in total. The standard InChI is InChI=1S/C16H16ClF2N/c1-3-20-9-12-8-11(5-6-13(12)17)15-14(18)7-4-10(2)16(15)19/h4-8,20H,3,9H2,1-2H3. The number of hydrogen-bond acceptors (Lipinski definition) is 1. The maximum Gasteiger partial charge on any atom is 0.136 e. The van der Waals surface area contributed by atoms with E-state index < -0.39 is 11.6 Å². The molecule has 0 saturated carbocycles. The maximum absolute atomic E-state index is 14.1. The van der Waals surface area contributed by atoms with Gasteiger partial charge < -0.3 is 5.32 Å². The smallest absolute Gasteiger partial charge is 0.136 e. The van der Waals surface area contributed by atoms with Crippen molar-refractivity contribution < 1.29 is 8.78 Å². The second-order valence-electron chi connectivity index (χ2n) is 4.64. The van der Waals surface area contributed by atoms with Gasteiger partial charge in [0, 0.05) is 11.6 Å². The molecule has 0 aliphatic rings. The number of aryl methyl sites for hydroxylation is 1. The molecule has 0 unspecified atom stereocenters. The molecule has 0 aliphatic heterocycles. The molecule has 0 spiro atoms. The minimum Gasteiger partial charge on any atom is -0.313 e. The van der Waals surface area contributed by atoms with Gasteiger partial charge in [-0.2, -0.15) is 0 Å². The molecule has 106 valence electrons. The lowest BCUT2D eigenvalue weighted by Crippen LogP contribution is -2.12. The zero-order valence-electron chi connectivity index (χ0n) is 11.4. The molecule has 0 saturated heterocycles. The summed E-state index contributed by atoms with van der Waals surface area (Å²) in [7, 11) is 0. The summed E-state index contributed by atoms with van der Waals surface area (Å²) in [6.07, 6.45) is 0. The van der Waals surface area contributed by atoms with Crippen LogP contribution in [0.2, 0.25) is 5.02 Å². The van der Waals surface area contributed by atoms with Crippen LogP contribution in [0.15, 0.2) is 30.3 Å². The number of nitrogens with one attached hydrogen (secondary N) is 1. The van der Waals surface area contributed by atoms with Crippen molar-refractivity contribution in [3.05, 3.63) is 58.1 Å². The molecule has 2 aromatic rings. The summed E-state index contributed by atoms with van der Waals surface area (Å²) >= 11 is 6.10. The first kappa shape index (κ1) is 14.9. The predicted octanol–water partition coefficient (Wildman–Crippen LogP) is 4.70. The second kappa shape index (κ2) is 6.33. The Morgan fingerprint density at radius 1 is 1.15 bits per heavy atom. The van der Waals surface area contributed by atoms with Crippen LogP contribution in [0.4, 0.5) is 8.78 Å². The van der Waals surface area contributed by atoms with E-state index in [-0.39, 0.29) is 5.56 Å². The topological polar surface area (TPSA) is 12.0 Å². The van der Waals surface area contributed by atoms with Gasteiger partial charge >= 0.3 is 0 Å². The van der Waals surface area contributed by atoms with Crippen molar-refractivity contribution in [2.45, 2.75) is 20.4 Å². The Hall–Kier alpha value is -1.45. The second-order valence-corrected chi connectivity index (χ2v) is 5.05. The fourth-order valence-corrected chi connectivity index (χ4v) is 2.23. The first-order chi connectivity index (χ1) is 9.54. The van der Waals surface area contributed by atoms with Crippen LogP contribution in [0.5, 0.6) is 0 Å². The summed E-state index contributed by atoms with van der Waals surface area (Å²) < 4.78 is 28.1. The van der Waals surface area contributed by atoms with E-state index in [0.717, 1.165) is 12.1 Å². The lowest BCUT2D eigenvalue weighted by atomic mass is 10.00. The van der Waals surface area contributed by atoms with Crippen LogP contribution in [-0.2, 0) is 6.54 Å². The van der Waals surface area contributed by atoms with Crippen LogP contribution in [0, 0.1) is 18.6 Å². The third-order valence-corrected chi connectivity index (χ3v) is 3.55. The van der Waals surface area contributed by atoms with Gasteiger partial charge in [-0.1, -0.05) is 30.7 Å². The van der Waals surface area contributed by atoms with Crippen LogP contribution in [0.25, 0.3) is 11.1 Å². The quantitative estimate of drug-likeness (QED) is 0.862. The van der Waals surface area contributed by atoms with Crippen molar-refractivity contribution in [3.8, 4) is 11.1 Å². The Morgan fingerprint density at radius 2 is 1.90 bits per heavy atom. The Bertz CT molecular complexity index is 626. The molecule has 0 atom stereocenters. The lowest BCUT2D eigenvalue weighted by molar-refractivity contribution is 0.583. The van der Waals surface area contributed by atoms with E-state index in [2.05, 4.69) is 5.32 Å². The predicted molar refractivity (Wildman–Crippen MR) is 78.9 cm³/mol. The van der Waals surface area contributed by atoms with Gasteiger partial charge in [-0.3, -0.25) is 0 Å². The van der Waals surface area contributed by atoms with Gasteiger partial charge in [0.2, 0.25) is 0 Å². The van der Waals surface area contributed by atoms with Crippen LogP contribution in [0.3, 0.4) is 0 Å². The van der Waals surface area contributed by atoms with E-state index in [1.807, 2.05) is 6.92 Å². The molecule has 0 aliphatic carbocycles. The minimum atomic E-state index is -0.565. The molecule has 20 heavy (non-hydrogen) atoms. The van der Waals surface area contributed by atoms with Crippen molar-refractivity contribution in [3.63, 3.8) is 0 Å². The third-order valence-electron chi connectivity index (χ3n) is 3.18. The van der Waals surface area contributed by atoms with Crippen molar-refractivity contribution in [1.29, 1.82) is 0 Å². The summed E-state index contributed by atoms with van der Waals surface area (Å²) in [5, 5.41) is 3.74. The van der Waals surface area contributed by atoms with Gasteiger partial charge in [0.1, 0.15) is 11.6 Å². The third kappa shape index (κ3) is 3.00. The van der Waals surface area contributed by atoms with Gasteiger partial charge in [0.05, 0.1) is 5.56 Å². The molecule has 0 aromatic heterocycles. The highest BCUT2D eigenvalue weighted by Gasteiger charge is 2.14. The SMILES string of the molecule is CCNCc1cc(-c2c(F)ccc(C)c2F)ccc1Cl. The fraction of sp³-hybridized carbons (Fsp3) is 0.250. The number of rotatable bonds is 4. The maximum atomic E-state index is 14.1. The Kier molecular flexibility index (Phi) is 4.73. The lowest BCUT2D eigenvalue weighted by Gasteiger charge is -2.11. The number of halogens is 3. The molecule has 4 heteroatoms. The molecule has 1 N–H and O–H groups in total. The fourth-order valence-electron chi connectivity index (χ4n) is 2.05. The molecular weight excluding hydrogens is 280 g/mol. The van der Waals surface area contributed by atoms with E-state index in [1.165, 1.54) is 12.1 Å². The van der Waals surface area contributed by atoms with E-state index in [9.17, 15) is 8.78 Å². The molecular formula is C16H16ClF2N. The highest BCUT2D eigenvalue weighted by molar-refractivity contribution is 6.31. The van der Waals surface area contributed by atoms with Crippen LogP contribution < -0.4 is 5.32 Å². The van der Waals surface area contributed by atoms with Crippen LogP contribution in [0.1, 0.15) is 18.1 Å². The Balaban J connectivity index is 2.51. The van der Waals surface area contributed by atoms with Crippen LogP contribution in [-0.4, -0.2) is 6.54 Å². The summed E-state index contributed by atoms with van der Waals surface area (Å²) in [6.45, 7) is 4.97. The van der Waals surface area contributed by atoms with Gasteiger partial charge in [0.25, 0.3) is 0 Å². The van der Waals surface area contributed by atoms with Gasteiger partial charge in [-0.25, -0.2) is 8.78 Å². The molecule has 0 fully saturated rings. The molecule has 2 rings (SSSR count). The van der Waals surface area contributed by atoms with Gasteiger partial charge in [-0.15, -0.1) is 0 Å². The van der Waals surface area contributed by atoms with Crippen molar-refractivity contribution in [2.75, 3.05) is 6.54 Å². The average molecular weight is 296 g/mol. The average Bonchev–Trinajstić information content (AvgIpc) is 2.43. The van der Waals surface area contributed by atoms with Gasteiger partial charge in [-0.05, 0) is 48.4 Å². The zero-order chi connectivity index (χ0) is 14.7. The molecule has 0 bridgehead atoms. The highest BCUT2D eigenvalue weighted by atomic mass is 35.5. The summed E-state index contributed by atoms with van der Waals surface area (Å²) in [6, 6.07) is 7.76. The van der Waals surface area contributed by atoms with Crippen molar-refractivity contribution in [1.82, 2.24) is 5.32 Å². The first-order valence-electron chi connectivity index (χ1n) is 6.48. The monoisotopic (exact) mass is 295 g/mol. The Labute approximate surface area is 122 Å². The normalized spacial score (nSPS) is 10.8. The molecule has 0 heterocycles. The first-order valence-corrected chi connectivity index (χ1v) is 6.86. The Morgan fingerprint density at radius 3 is 2.60 bits per heavy atom. The van der Waals surface area contributed by atoms with E-state index in [1.54, 1.807) is 25.1 Å². The summed E-state index contributed by atoms with van der Waals surface area (Å²) in [5.74, 6) is -1.09. The van der Waals surface area contributed by atoms with Crippen molar-refractivity contribution in [2.24, 2.45) is 0 Å². The molecule has 2 aromatic carbocycles. The number of hydrogen-bond donors (Lipinski definition) is 1. The zero-order valence-corrected chi connectivity index (χ0v) is 12.2. The van der Waals surface area contributed by atoms with E-state index >= 15 is 0 Å². The highest BCUT2D eigenvalue weighted by Crippen LogP contribution is 2.30. The summed E-state index contributed by atoms with van der Waals surface area (Å²) in [5.41, 5.74) is 1.75. The molecule has 0 amide bonds.